The zero-order chi connectivity index (χ0) is 14.2. The van der Waals surface area contributed by atoms with Gasteiger partial charge in [0.15, 0.2) is 9.84 Å². The molecule has 7 heteroatoms. The van der Waals surface area contributed by atoms with Gasteiger partial charge in [-0.25, -0.2) is 13.4 Å². The molecule has 0 aliphatic rings. The third-order valence-electron chi connectivity index (χ3n) is 2.94. The molecule has 0 atom stereocenters. The number of anilines is 1. The molecular formula is C12H18N4O2S. The second kappa shape index (κ2) is 4.82. The fraction of sp³-hybridized carbons (Fsp3) is 0.417. The Hall–Kier alpha value is -1.60. The number of benzene rings is 1. The lowest BCUT2D eigenvalue weighted by Crippen LogP contribution is -2.19. The third kappa shape index (κ3) is 2.71. The first-order valence-electron chi connectivity index (χ1n) is 5.90. The van der Waals surface area contributed by atoms with E-state index in [9.17, 15) is 8.42 Å². The second-order valence-corrected chi connectivity index (χ2v) is 6.81. The second-order valence-electron chi connectivity index (χ2n) is 4.82. The minimum atomic E-state index is -3.31. The van der Waals surface area contributed by atoms with Crippen LogP contribution >= 0.6 is 0 Å². The van der Waals surface area contributed by atoms with Crippen LogP contribution in [0.4, 0.5) is 5.95 Å². The van der Waals surface area contributed by atoms with Gasteiger partial charge in [-0.2, -0.15) is 0 Å². The van der Waals surface area contributed by atoms with Gasteiger partial charge in [-0.15, -0.1) is 0 Å². The Labute approximate surface area is 112 Å². The standard InChI is InChI=1S/C12H18N4O2S/c1-15(2)7-8-16-9-5-4-6-10(19(3,17)18)11(9)14-12(16)13/h4-6H,7-8H2,1-3H3,(H2,13,14). The van der Waals surface area contributed by atoms with Crippen LogP contribution in [0, 0.1) is 0 Å². The molecule has 0 spiro atoms. The zero-order valence-electron chi connectivity index (χ0n) is 11.3. The molecule has 2 aromatic rings. The van der Waals surface area contributed by atoms with Gasteiger partial charge in [0.1, 0.15) is 5.52 Å². The highest BCUT2D eigenvalue weighted by atomic mass is 32.2. The molecular weight excluding hydrogens is 264 g/mol. The summed E-state index contributed by atoms with van der Waals surface area (Å²) >= 11 is 0. The molecule has 6 nitrogen and oxygen atoms in total. The Morgan fingerprint density at radius 1 is 1.37 bits per heavy atom. The van der Waals surface area contributed by atoms with Gasteiger partial charge < -0.3 is 15.2 Å². The maximum absolute atomic E-state index is 11.7. The number of para-hydroxylation sites is 1. The monoisotopic (exact) mass is 282 g/mol. The summed E-state index contributed by atoms with van der Waals surface area (Å²) in [5.74, 6) is 0.341. The minimum absolute atomic E-state index is 0.223. The lowest BCUT2D eigenvalue weighted by Gasteiger charge is -2.11. The van der Waals surface area contributed by atoms with E-state index in [-0.39, 0.29) is 4.90 Å². The van der Waals surface area contributed by atoms with Crippen molar-refractivity contribution in [1.82, 2.24) is 14.5 Å². The number of aromatic nitrogens is 2. The number of hydrogen-bond donors (Lipinski definition) is 1. The van der Waals surface area contributed by atoms with Crippen LogP contribution in [0.15, 0.2) is 23.1 Å². The number of nitrogen functional groups attached to an aromatic ring is 1. The van der Waals surface area contributed by atoms with Crippen LogP contribution in [0.2, 0.25) is 0 Å². The molecule has 2 rings (SSSR count). The molecule has 0 fully saturated rings. The molecule has 0 bridgehead atoms. The number of nitrogens with zero attached hydrogens (tertiary/aromatic N) is 3. The Balaban J connectivity index is 2.59. The van der Waals surface area contributed by atoms with Crippen molar-refractivity contribution < 1.29 is 8.42 Å². The molecule has 0 aliphatic heterocycles. The number of sulfone groups is 1. The van der Waals surface area contributed by atoms with Crippen LogP contribution in [0.25, 0.3) is 11.0 Å². The van der Waals surface area contributed by atoms with Gasteiger partial charge in [0, 0.05) is 19.3 Å². The molecule has 104 valence electrons. The number of nitrogens with two attached hydrogens (primary N) is 1. The predicted molar refractivity (Wildman–Crippen MR) is 75.8 cm³/mol. The topological polar surface area (TPSA) is 81.2 Å². The van der Waals surface area contributed by atoms with E-state index in [2.05, 4.69) is 4.98 Å². The van der Waals surface area contributed by atoms with Gasteiger partial charge in [0.05, 0.1) is 10.4 Å². The summed E-state index contributed by atoms with van der Waals surface area (Å²) in [6, 6.07) is 5.11. The van der Waals surface area contributed by atoms with Crippen molar-refractivity contribution in [2.75, 3.05) is 32.6 Å². The van der Waals surface area contributed by atoms with E-state index in [0.717, 1.165) is 12.1 Å². The van der Waals surface area contributed by atoms with E-state index in [4.69, 9.17) is 5.73 Å². The maximum atomic E-state index is 11.7. The van der Waals surface area contributed by atoms with Crippen molar-refractivity contribution in [1.29, 1.82) is 0 Å². The average Bonchev–Trinajstić information content (AvgIpc) is 2.60. The van der Waals surface area contributed by atoms with Crippen LogP contribution in [0.5, 0.6) is 0 Å². The van der Waals surface area contributed by atoms with Gasteiger partial charge in [-0.3, -0.25) is 0 Å². The summed E-state index contributed by atoms with van der Waals surface area (Å²) in [7, 11) is 0.633. The number of likely N-dealkylation sites (N-methyl/N-ethyl adjacent to an activating group) is 1. The fourth-order valence-corrected chi connectivity index (χ4v) is 2.80. The van der Waals surface area contributed by atoms with E-state index in [1.165, 1.54) is 6.26 Å². The molecule has 1 heterocycles. The molecule has 19 heavy (non-hydrogen) atoms. The lowest BCUT2D eigenvalue weighted by atomic mass is 10.3. The highest BCUT2D eigenvalue weighted by Crippen LogP contribution is 2.24. The van der Waals surface area contributed by atoms with E-state index in [0.29, 0.717) is 18.0 Å². The van der Waals surface area contributed by atoms with Crippen molar-refractivity contribution in [2.45, 2.75) is 11.4 Å². The van der Waals surface area contributed by atoms with E-state index in [1.54, 1.807) is 12.1 Å². The predicted octanol–water partition coefficient (Wildman–Crippen LogP) is 0.584. The normalized spacial score (nSPS) is 12.4. The molecule has 0 saturated heterocycles. The van der Waals surface area contributed by atoms with Crippen LogP contribution in [-0.2, 0) is 16.4 Å². The summed E-state index contributed by atoms with van der Waals surface area (Å²) < 4.78 is 25.3. The Kier molecular flexibility index (Phi) is 3.51. The van der Waals surface area contributed by atoms with Gasteiger partial charge >= 0.3 is 0 Å². The SMILES string of the molecule is CN(C)CCn1c(N)nc2c(S(C)(=O)=O)cccc21. The number of hydrogen-bond acceptors (Lipinski definition) is 5. The highest BCUT2D eigenvalue weighted by Gasteiger charge is 2.17. The zero-order valence-corrected chi connectivity index (χ0v) is 12.1. The van der Waals surface area contributed by atoms with Crippen molar-refractivity contribution in [3.05, 3.63) is 18.2 Å². The summed E-state index contributed by atoms with van der Waals surface area (Å²) in [6.45, 7) is 1.47. The maximum Gasteiger partial charge on any atom is 0.201 e. The number of imidazole rings is 1. The van der Waals surface area contributed by atoms with Crippen LogP contribution in [-0.4, -0.2) is 49.8 Å². The summed E-state index contributed by atoms with van der Waals surface area (Å²) in [5, 5.41) is 0. The first-order chi connectivity index (χ1) is 8.80. The number of rotatable bonds is 4. The van der Waals surface area contributed by atoms with Gasteiger partial charge in [0.2, 0.25) is 5.95 Å². The van der Waals surface area contributed by atoms with E-state index < -0.39 is 9.84 Å². The highest BCUT2D eigenvalue weighted by molar-refractivity contribution is 7.91. The van der Waals surface area contributed by atoms with Crippen LogP contribution in [0.1, 0.15) is 0 Å². The molecule has 0 amide bonds. The van der Waals surface area contributed by atoms with Gasteiger partial charge in [-0.05, 0) is 26.2 Å². The first-order valence-corrected chi connectivity index (χ1v) is 7.79. The molecule has 0 aliphatic carbocycles. The molecule has 2 N–H and O–H groups in total. The molecule has 1 aromatic carbocycles. The Bertz CT molecular complexity index is 704. The first kappa shape index (κ1) is 13.8. The number of fused-ring (bicyclic) bond motifs is 1. The van der Waals surface area contributed by atoms with Crippen LogP contribution < -0.4 is 5.73 Å². The Morgan fingerprint density at radius 3 is 2.63 bits per heavy atom. The summed E-state index contributed by atoms with van der Waals surface area (Å²) in [6.07, 6.45) is 1.18. The molecule has 0 saturated carbocycles. The molecule has 0 unspecified atom stereocenters. The van der Waals surface area contributed by atoms with Crippen LogP contribution in [0.3, 0.4) is 0 Å². The minimum Gasteiger partial charge on any atom is -0.369 e. The lowest BCUT2D eigenvalue weighted by molar-refractivity contribution is 0.387. The van der Waals surface area contributed by atoms with Gasteiger partial charge in [0.25, 0.3) is 0 Å². The van der Waals surface area contributed by atoms with Crippen molar-refractivity contribution in [2.24, 2.45) is 0 Å². The van der Waals surface area contributed by atoms with Crippen molar-refractivity contribution >= 4 is 26.8 Å². The quantitative estimate of drug-likeness (QED) is 0.887. The molecule has 0 radical (unpaired) electrons. The van der Waals surface area contributed by atoms with Crippen molar-refractivity contribution in [3.8, 4) is 0 Å². The summed E-state index contributed by atoms with van der Waals surface area (Å²) in [5.41, 5.74) is 7.09. The van der Waals surface area contributed by atoms with Gasteiger partial charge in [-0.1, -0.05) is 6.07 Å². The summed E-state index contributed by atoms with van der Waals surface area (Å²) in [4.78, 5) is 6.46. The largest absolute Gasteiger partial charge is 0.369 e. The van der Waals surface area contributed by atoms with E-state index in [1.807, 2.05) is 29.6 Å². The van der Waals surface area contributed by atoms with E-state index >= 15 is 0 Å². The fourth-order valence-electron chi connectivity index (χ4n) is 1.97. The van der Waals surface area contributed by atoms with Crippen molar-refractivity contribution in [3.63, 3.8) is 0 Å². The molecule has 1 aromatic heterocycles. The smallest absolute Gasteiger partial charge is 0.201 e. The third-order valence-corrected chi connectivity index (χ3v) is 4.07. The Morgan fingerprint density at radius 2 is 2.05 bits per heavy atom. The average molecular weight is 282 g/mol.